The molecule has 3 aliphatic carbocycles. The molecule has 3 aliphatic rings. The molecule has 0 N–H and O–H groups in total. The summed E-state index contributed by atoms with van der Waals surface area (Å²) in [5.74, 6) is 0. The smallest absolute Gasteiger partial charge is 0.0541 e. The average Bonchev–Trinajstić information content (AvgIpc) is 3.98. The lowest BCUT2D eigenvalue weighted by molar-refractivity contribution is 0.801. The molecule has 0 saturated heterocycles. The highest BCUT2D eigenvalue weighted by Gasteiger charge is 2.25. The van der Waals surface area contributed by atoms with Crippen LogP contribution in [-0.2, 0) is 32.1 Å². The molecular weight excluding hydrogens is 893 g/mol. The highest BCUT2D eigenvalue weighted by Crippen LogP contribution is 2.44. The van der Waals surface area contributed by atoms with Gasteiger partial charge in [0.25, 0.3) is 0 Å². The van der Waals surface area contributed by atoms with Crippen LogP contribution < -0.4 is 0 Å². The van der Waals surface area contributed by atoms with E-state index in [0.717, 1.165) is 24.2 Å². The van der Waals surface area contributed by atoms with Crippen molar-refractivity contribution < 1.29 is 0 Å². The monoisotopic (exact) mass is 942 g/mol. The van der Waals surface area contributed by atoms with Gasteiger partial charge in [-0.3, -0.25) is 0 Å². The van der Waals surface area contributed by atoms with Crippen LogP contribution in [0.2, 0.25) is 0 Å². The van der Waals surface area contributed by atoms with Gasteiger partial charge in [-0.2, -0.15) is 0 Å². The lowest BCUT2D eigenvalue weighted by Crippen LogP contribution is -2.15. The standard InChI is InChI=1S/C72H50N2/c1-3-23-61-59(21-1)57-33-29-53(57)43-65(61)51-17-9-13-45(37-51)49-31-35-71-67(41-49)63-25-5-7-27-69(63)73(71)55-19-11-15-47(39-55)48-16-12-20-56(40-48)74-70-28-8-6-26-64(70)68-42-50(32-36-72(68)74)46-14-10-18-52(38-46)66-44-54-30-34-58(54)60-22-2-4-24-62(60)66/h1,3-21,23-28,31-32,35-44H,2,22,29-30,33-34H2. The van der Waals surface area contributed by atoms with Crippen molar-refractivity contribution in [3.63, 3.8) is 0 Å². The number of fused-ring (bicyclic) bond motifs is 12. The third-order valence-corrected chi connectivity index (χ3v) is 17.0. The maximum Gasteiger partial charge on any atom is 0.0541 e. The van der Waals surface area contributed by atoms with Crippen molar-refractivity contribution in [1.82, 2.24) is 9.13 Å². The molecule has 0 atom stereocenters. The number of hydrogen-bond donors (Lipinski definition) is 0. The quantitative estimate of drug-likeness (QED) is 0.151. The Hall–Kier alpha value is -8.98. The Morgan fingerprint density at radius 2 is 0.730 bits per heavy atom. The van der Waals surface area contributed by atoms with Crippen LogP contribution in [0.1, 0.15) is 39.8 Å². The lowest BCUT2D eigenvalue weighted by Gasteiger charge is -2.28. The Labute approximate surface area is 430 Å². The van der Waals surface area contributed by atoms with Crippen molar-refractivity contribution in [3.05, 3.63) is 258 Å². The fourth-order valence-corrected chi connectivity index (χ4v) is 13.2. The van der Waals surface area contributed by atoms with E-state index >= 15 is 0 Å². The molecule has 0 radical (unpaired) electrons. The summed E-state index contributed by atoms with van der Waals surface area (Å²) in [7, 11) is 0. The van der Waals surface area contributed by atoms with E-state index in [1.54, 1.807) is 16.7 Å². The third-order valence-electron chi connectivity index (χ3n) is 17.0. The Kier molecular flexibility index (Phi) is 9.15. The van der Waals surface area contributed by atoms with Gasteiger partial charge < -0.3 is 9.13 Å². The van der Waals surface area contributed by atoms with Gasteiger partial charge in [0.15, 0.2) is 0 Å². The number of benzene rings is 11. The van der Waals surface area contributed by atoms with Gasteiger partial charge in [0, 0.05) is 32.9 Å². The third kappa shape index (κ3) is 6.37. The molecule has 0 bridgehead atoms. The van der Waals surface area contributed by atoms with E-state index in [4.69, 9.17) is 0 Å². The minimum Gasteiger partial charge on any atom is -0.309 e. The first kappa shape index (κ1) is 41.6. The molecule has 2 aromatic heterocycles. The van der Waals surface area contributed by atoms with Crippen LogP contribution in [0.15, 0.2) is 224 Å². The molecule has 0 fully saturated rings. The average molecular weight is 943 g/mol. The van der Waals surface area contributed by atoms with E-state index in [1.165, 1.54) is 152 Å². The largest absolute Gasteiger partial charge is 0.309 e. The number of hydrogen-bond acceptors (Lipinski definition) is 0. The van der Waals surface area contributed by atoms with Crippen molar-refractivity contribution in [3.8, 4) is 67.0 Å². The summed E-state index contributed by atoms with van der Waals surface area (Å²) in [5.41, 5.74) is 28.9. The van der Waals surface area contributed by atoms with E-state index in [0.29, 0.717) is 0 Å². The summed E-state index contributed by atoms with van der Waals surface area (Å²) in [5, 5.41) is 7.78. The molecule has 2 heteroatoms. The Bertz CT molecular complexity index is 4550. The molecule has 16 rings (SSSR count). The molecule has 348 valence electrons. The second-order valence-corrected chi connectivity index (χ2v) is 20.9. The Balaban J connectivity index is 0.756. The van der Waals surface area contributed by atoms with E-state index in [2.05, 4.69) is 240 Å². The number of aryl methyl sites for hydroxylation is 3. The van der Waals surface area contributed by atoms with Gasteiger partial charge in [-0.15, -0.1) is 0 Å². The van der Waals surface area contributed by atoms with Crippen molar-refractivity contribution >= 4 is 60.5 Å². The maximum absolute atomic E-state index is 2.48. The van der Waals surface area contributed by atoms with Crippen LogP contribution in [0.25, 0.3) is 127 Å². The van der Waals surface area contributed by atoms with Gasteiger partial charge in [-0.25, -0.2) is 0 Å². The van der Waals surface area contributed by atoms with Gasteiger partial charge in [0.1, 0.15) is 0 Å². The summed E-state index contributed by atoms with van der Waals surface area (Å²) in [6.07, 6.45) is 11.8. The molecule has 11 aromatic carbocycles. The van der Waals surface area contributed by atoms with E-state index in [-0.39, 0.29) is 0 Å². The first-order valence-electron chi connectivity index (χ1n) is 26.5. The fourth-order valence-electron chi connectivity index (χ4n) is 13.2. The molecule has 2 heterocycles. The van der Waals surface area contributed by atoms with Gasteiger partial charge >= 0.3 is 0 Å². The number of rotatable bonds is 7. The maximum atomic E-state index is 2.48. The van der Waals surface area contributed by atoms with Crippen LogP contribution >= 0.6 is 0 Å². The normalized spacial score (nSPS) is 13.6. The summed E-state index contributed by atoms with van der Waals surface area (Å²) in [6.45, 7) is 0. The molecule has 0 spiro atoms. The van der Waals surface area contributed by atoms with Crippen molar-refractivity contribution in [2.75, 3.05) is 0 Å². The summed E-state index contributed by atoms with van der Waals surface area (Å²) >= 11 is 0. The molecule has 0 aliphatic heterocycles. The number of allylic oxidation sites excluding steroid dienone is 1. The molecule has 0 amide bonds. The summed E-state index contributed by atoms with van der Waals surface area (Å²) in [6, 6.07) is 82.3. The van der Waals surface area contributed by atoms with Crippen molar-refractivity contribution in [1.29, 1.82) is 0 Å². The molecule has 74 heavy (non-hydrogen) atoms. The Morgan fingerprint density at radius 3 is 1.31 bits per heavy atom. The van der Waals surface area contributed by atoms with Gasteiger partial charge in [-0.1, -0.05) is 158 Å². The number of aromatic nitrogens is 2. The minimum atomic E-state index is 1.14. The molecule has 2 nitrogen and oxygen atoms in total. The second-order valence-electron chi connectivity index (χ2n) is 20.9. The Morgan fingerprint density at radius 1 is 0.270 bits per heavy atom. The first-order chi connectivity index (χ1) is 36.7. The van der Waals surface area contributed by atoms with Crippen molar-refractivity contribution in [2.24, 2.45) is 0 Å². The predicted octanol–water partition coefficient (Wildman–Crippen LogP) is 18.5. The summed E-state index contributed by atoms with van der Waals surface area (Å²) < 4.78 is 4.90. The lowest BCUT2D eigenvalue weighted by atomic mass is 9.76. The summed E-state index contributed by atoms with van der Waals surface area (Å²) in [4.78, 5) is 0. The molecule has 0 saturated carbocycles. The van der Waals surface area contributed by atoms with Crippen LogP contribution in [0, 0.1) is 0 Å². The van der Waals surface area contributed by atoms with Crippen LogP contribution in [-0.4, -0.2) is 9.13 Å². The number of nitrogens with zero attached hydrogens (tertiary/aromatic N) is 2. The fraction of sp³-hybridized carbons (Fsp3) is 0.0833. The van der Waals surface area contributed by atoms with E-state index < -0.39 is 0 Å². The topological polar surface area (TPSA) is 9.86 Å². The van der Waals surface area contributed by atoms with Gasteiger partial charge in [0.2, 0.25) is 0 Å². The van der Waals surface area contributed by atoms with Crippen LogP contribution in [0.4, 0.5) is 0 Å². The zero-order chi connectivity index (χ0) is 48.4. The molecule has 0 unspecified atom stereocenters. The zero-order valence-electron chi connectivity index (χ0n) is 41.1. The van der Waals surface area contributed by atoms with Crippen molar-refractivity contribution in [2.45, 2.75) is 38.5 Å². The molecule has 13 aromatic rings. The highest BCUT2D eigenvalue weighted by atomic mass is 15.0. The highest BCUT2D eigenvalue weighted by molar-refractivity contribution is 6.12. The molecular formula is C72H50N2. The SMILES string of the molecule is C1=Cc2c(-c3cccc(-c4ccc5c(c4)c4ccccc4n5-c4cccc(-c5cccc(-n6c7ccccc7c7cc(-c8cccc(-c9cc%10c(c%11ccccc9%11)CC%10)c8)ccc76)c5)c4)c3)cc3c(c2CC1)CC3. The van der Waals surface area contributed by atoms with Crippen LogP contribution in [0.3, 0.4) is 0 Å². The van der Waals surface area contributed by atoms with E-state index in [1.807, 2.05) is 0 Å². The van der Waals surface area contributed by atoms with Gasteiger partial charge in [-0.05, 0) is 211 Å². The van der Waals surface area contributed by atoms with Crippen LogP contribution in [0.5, 0.6) is 0 Å². The second kappa shape index (κ2) is 16.3. The first-order valence-corrected chi connectivity index (χ1v) is 26.5. The number of para-hydroxylation sites is 2. The zero-order valence-corrected chi connectivity index (χ0v) is 41.1. The minimum absolute atomic E-state index is 1.14. The predicted molar refractivity (Wildman–Crippen MR) is 312 cm³/mol. The van der Waals surface area contributed by atoms with E-state index in [9.17, 15) is 0 Å². The van der Waals surface area contributed by atoms with Gasteiger partial charge in [0.05, 0.1) is 22.1 Å².